The second-order valence-corrected chi connectivity index (χ2v) is 9.06. The average molecular weight is 350 g/mol. The highest BCUT2D eigenvalue weighted by atomic mass is 35.5. The van der Waals surface area contributed by atoms with Gasteiger partial charge in [0.15, 0.2) is 5.78 Å². The highest BCUT2D eigenvalue weighted by molar-refractivity contribution is 7.98. The van der Waals surface area contributed by atoms with E-state index >= 15 is 0 Å². The summed E-state index contributed by atoms with van der Waals surface area (Å²) < 4.78 is 15.8. The molecule has 0 aliphatic heterocycles. The van der Waals surface area contributed by atoms with Gasteiger partial charge >= 0.3 is 0 Å². The number of carbonyl (C=O) groups is 1. The molecule has 118 valence electrons. The highest BCUT2D eigenvalue weighted by Gasteiger charge is 2.25. The van der Waals surface area contributed by atoms with Crippen molar-refractivity contribution in [2.45, 2.75) is 45.1 Å². The summed E-state index contributed by atoms with van der Waals surface area (Å²) in [6.07, 6.45) is 0. The maximum Gasteiger partial charge on any atom is 0.168 e. The standard InChI is InChI=1S/C15H21Cl2NO2S/c1-9(2)14(19)12-10(16)7-8-11(13(12)17)21(6,20)18-15(3,4)5/h7-9H,6H2,1-5H3,(H,18,20). The molecule has 0 spiro atoms. The van der Waals surface area contributed by atoms with Crippen LogP contribution in [0, 0.1) is 5.92 Å². The minimum atomic E-state index is -2.84. The van der Waals surface area contributed by atoms with Crippen molar-refractivity contribution in [1.82, 2.24) is 4.72 Å². The van der Waals surface area contributed by atoms with Crippen LogP contribution in [0.2, 0.25) is 10.0 Å². The van der Waals surface area contributed by atoms with Crippen LogP contribution in [0.5, 0.6) is 0 Å². The number of ketones is 1. The quantitative estimate of drug-likeness (QED) is 0.653. The fraction of sp³-hybridized carbons (Fsp3) is 0.467. The molecule has 1 aromatic carbocycles. The number of nitrogens with one attached hydrogen (secondary N) is 1. The molecule has 0 bridgehead atoms. The van der Waals surface area contributed by atoms with Crippen molar-refractivity contribution in [3.8, 4) is 0 Å². The summed E-state index contributed by atoms with van der Waals surface area (Å²) in [5.74, 6) is 3.30. The monoisotopic (exact) mass is 349 g/mol. The van der Waals surface area contributed by atoms with Crippen LogP contribution < -0.4 is 4.72 Å². The van der Waals surface area contributed by atoms with E-state index in [4.69, 9.17) is 23.2 Å². The van der Waals surface area contributed by atoms with Crippen molar-refractivity contribution >= 4 is 44.6 Å². The Bertz CT molecular complexity index is 659. The highest BCUT2D eigenvalue weighted by Crippen LogP contribution is 2.33. The van der Waals surface area contributed by atoms with Crippen molar-refractivity contribution in [3.63, 3.8) is 0 Å². The molecule has 1 rings (SSSR count). The van der Waals surface area contributed by atoms with Gasteiger partial charge in [0.05, 0.1) is 30.2 Å². The Kier molecular flexibility index (Phi) is 5.54. The van der Waals surface area contributed by atoms with E-state index in [2.05, 4.69) is 10.6 Å². The van der Waals surface area contributed by atoms with Crippen LogP contribution in [-0.4, -0.2) is 21.4 Å². The van der Waals surface area contributed by atoms with Gasteiger partial charge < -0.3 is 0 Å². The molecule has 21 heavy (non-hydrogen) atoms. The Morgan fingerprint density at radius 2 is 1.81 bits per heavy atom. The molecule has 0 radical (unpaired) electrons. The van der Waals surface area contributed by atoms with Crippen LogP contribution in [0.4, 0.5) is 0 Å². The lowest BCUT2D eigenvalue weighted by Crippen LogP contribution is -2.40. The summed E-state index contributed by atoms with van der Waals surface area (Å²) in [6, 6.07) is 3.09. The lowest BCUT2D eigenvalue weighted by molar-refractivity contribution is 0.0939. The molecule has 0 saturated heterocycles. The topological polar surface area (TPSA) is 46.2 Å². The predicted molar refractivity (Wildman–Crippen MR) is 92.0 cm³/mol. The van der Waals surface area contributed by atoms with Crippen molar-refractivity contribution < 1.29 is 9.00 Å². The predicted octanol–water partition coefficient (Wildman–Crippen LogP) is 4.21. The van der Waals surface area contributed by atoms with Crippen LogP contribution in [0.15, 0.2) is 17.0 Å². The van der Waals surface area contributed by atoms with E-state index in [1.807, 2.05) is 20.8 Å². The Labute approximate surface area is 137 Å². The van der Waals surface area contributed by atoms with E-state index in [1.54, 1.807) is 19.9 Å². The van der Waals surface area contributed by atoms with E-state index < -0.39 is 15.2 Å². The van der Waals surface area contributed by atoms with Crippen molar-refractivity contribution in [1.29, 1.82) is 0 Å². The normalized spacial score (nSPS) is 15.0. The second-order valence-electron chi connectivity index (χ2n) is 6.28. The fourth-order valence-corrected chi connectivity index (χ4v) is 4.56. The number of hydrogen-bond donors (Lipinski definition) is 1. The zero-order valence-electron chi connectivity index (χ0n) is 12.9. The third-order valence-corrected chi connectivity index (χ3v) is 5.47. The first kappa shape index (κ1) is 18.5. The van der Waals surface area contributed by atoms with Crippen LogP contribution in [0.1, 0.15) is 45.0 Å². The first-order valence-corrected chi connectivity index (χ1v) is 9.03. The molecule has 0 aromatic heterocycles. The van der Waals surface area contributed by atoms with Crippen LogP contribution >= 0.6 is 23.2 Å². The lowest BCUT2D eigenvalue weighted by Gasteiger charge is -2.25. The van der Waals surface area contributed by atoms with Gasteiger partial charge in [-0.05, 0) is 38.8 Å². The third-order valence-electron chi connectivity index (χ3n) is 2.65. The van der Waals surface area contributed by atoms with Crippen LogP contribution in [0.3, 0.4) is 0 Å². The van der Waals surface area contributed by atoms with Gasteiger partial charge in [-0.25, -0.2) is 8.93 Å². The average Bonchev–Trinajstić information content (AvgIpc) is 2.24. The van der Waals surface area contributed by atoms with Gasteiger partial charge in [-0.1, -0.05) is 37.0 Å². The number of rotatable bonds is 4. The van der Waals surface area contributed by atoms with E-state index in [1.165, 1.54) is 6.07 Å². The number of carbonyl (C=O) groups excluding carboxylic acids is 1. The van der Waals surface area contributed by atoms with Gasteiger partial charge in [-0.3, -0.25) is 4.79 Å². The number of hydrogen-bond acceptors (Lipinski definition) is 2. The Morgan fingerprint density at radius 1 is 1.29 bits per heavy atom. The van der Waals surface area contributed by atoms with Crippen molar-refractivity contribution in [2.24, 2.45) is 5.92 Å². The van der Waals surface area contributed by atoms with Crippen molar-refractivity contribution in [2.75, 3.05) is 0 Å². The van der Waals surface area contributed by atoms with Gasteiger partial charge in [0.1, 0.15) is 0 Å². The Hall–Kier alpha value is -0.550. The van der Waals surface area contributed by atoms with E-state index in [-0.39, 0.29) is 27.3 Å². The summed E-state index contributed by atoms with van der Waals surface area (Å²) in [5, 5.41) is 0.367. The summed E-state index contributed by atoms with van der Waals surface area (Å²) in [5.41, 5.74) is -0.206. The fourth-order valence-electron chi connectivity index (χ4n) is 1.85. The molecule has 0 aliphatic rings. The molecule has 0 amide bonds. The zero-order valence-corrected chi connectivity index (χ0v) is 15.2. The number of benzene rings is 1. The molecule has 6 heteroatoms. The molecular formula is C15H21Cl2NO2S. The Morgan fingerprint density at radius 3 is 2.24 bits per heavy atom. The minimum absolute atomic E-state index is 0.109. The molecule has 0 heterocycles. The Balaban J connectivity index is 3.48. The van der Waals surface area contributed by atoms with Crippen LogP contribution in [-0.2, 0) is 9.71 Å². The largest absolute Gasteiger partial charge is 0.294 e. The maximum atomic E-state index is 12.8. The smallest absolute Gasteiger partial charge is 0.168 e. The van der Waals surface area contributed by atoms with Gasteiger partial charge in [0.2, 0.25) is 0 Å². The summed E-state index contributed by atoms with van der Waals surface area (Å²) >= 11 is 12.4. The summed E-state index contributed by atoms with van der Waals surface area (Å²) in [7, 11) is -2.84. The van der Waals surface area contributed by atoms with E-state index in [0.29, 0.717) is 4.90 Å². The molecule has 0 aliphatic carbocycles. The first-order chi connectivity index (χ1) is 9.37. The summed E-state index contributed by atoms with van der Waals surface area (Å²) in [6.45, 7) is 9.15. The van der Waals surface area contributed by atoms with E-state index in [9.17, 15) is 9.00 Å². The molecule has 1 unspecified atom stereocenters. The van der Waals surface area contributed by atoms with E-state index in [0.717, 1.165) is 0 Å². The maximum absolute atomic E-state index is 12.8. The molecular weight excluding hydrogens is 329 g/mol. The minimum Gasteiger partial charge on any atom is -0.294 e. The van der Waals surface area contributed by atoms with Crippen LogP contribution in [0.25, 0.3) is 0 Å². The lowest BCUT2D eigenvalue weighted by atomic mass is 10.0. The van der Waals surface area contributed by atoms with Gasteiger partial charge in [-0.2, -0.15) is 0 Å². The SMILES string of the molecule is C=S(=O)(NC(C)(C)C)c1ccc(Cl)c(C(=O)C(C)C)c1Cl. The van der Waals surface area contributed by atoms with Gasteiger partial charge in [0.25, 0.3) is 0 Å². The van der Waals surface area contributed by atoms with Crippen molar-refractivity contribution in [3.05, 3.63) is 27.7 Å². The molecule has 0 saturated carbocycles. The molecule has 1 aromatic rings. The second kappa shape index (κ2) is 6.29. The van der Waals surface area contributed by atoms with Gasteiger partial charge in [-0.15, -0.1) is 0 Å². The molecule has 0 fully saturated rings. The number of halogens is 2. The first-order valence-electron chi connectivity index (χ1n) is 6.55. The third kappa shape index (κ3) is 4.46. The number of Topliss-reactive ketones (excluding diaryl/α,β-unsaturated/α-hetero) is 1. The molecule has 1 atom stereocenters. The molecule has 3 nitrogen and oxygen atoms in total. The summed E-state index contributed by atoms with van der Waals surface area (Å²) in [4.78, 5) is 12.5. The molecule has 1 N–H and O–H groups in total. The zero-order chi connectivity index (χ0) is 16.6. The van der Waals surface area contributed by atoms with Gasteiger partial charge in [0, 0.05) is 11.5 Å².